The summed E-state index contributed by atoms with van der Waals surface area (Å²) in [6, 6.07) is 0.863. The van der Waals surface area contributed by atoms with Gasteiger partial charge in [0.25, 0.3) is 5.82 Å². The summed E-state index contributed by atoms with van der Waals surface area (Å²) in [6.07, 6.45) is -2.48. The number of ether oxygens (including phenoxy) is 1. The van der Waals surface area contributed by atoms with Crippen LogP contribution in [0.4, 0.5) is 13.2 Å². The molecule has 0 saturated heterocycles. The SMILES string of the molecule is COC(=O)c1ncn(-c2ncc(Br)cc2C(F)(F)F)n1. The van der Waals surface area contributed by atoms with Gasteiger partial charge in [-0.1, -0.05) is 0 Å². The third kappa shape index (κ3) is 2.79. The van der Waals surface area contributed by atoms with Gasteiger partial charge in [0, 0.05) is 10.7 Å². The van der Waals surface area contributed by atoms with Crippen LogP contribution in [0.5, 0.6) is 0 Å². The third-order valence-corrected chi connectivity index (χ3v) is 2.65. The highest BCUT2D eigenvalue weighted by Gasteiger charge is 2.35. The summed E-state index contributed by atoms with van der Waals surface area (Å²) in [4.78, 5) is 18.4. The second-order valence-corrected chi connectivity index (χ2v) is 4.44. The van der Waals surface area contributed by atoms with Crippen molar-refractivity contribution in [3.63, 3.8) is 0 Å². The molecule has 0 aliphatic heterocycles. The van der Waals surface area contributed by atoms with Crippen LogP contribution in [0.15, 0.2) is 23.1 Å². The Morgan fingerprint density at radius 2 is 2.10 bits per heavy atom. The van der Waals surface area contributed by atoms with Crippen molar-refractivity contribution in [3.8, 4) is 5.82 Å². The Morgan fingerprint density at radius 1 is 1.40 bits per heavy atom. The molecule has 2 heterocycles. The molecular weight excluding hydrogens is 345 g/mol. The maximum absolute atomic E-state index is 12.9. The van der Waals surface area contributed by atoms with E-state index in [0.717, 1.165) is 24.2 Å². The molecule has 2 rings (SSSR count). The summed E-state index contributed by atoms with van der Waals surface area (Å²) in [5, 5.41) is 3.61. The first kappa shape index (κ1) is 14.4. The molecule has 0 fully saturated rings. The molecule has 0 amide bonds. The minimum absolute atomic E-state index is 0.168. The van der Waals surface area contributed by atoms with Crippen molar-refractivity contribution in [3.05, 3.63) is 34.5 Å². The van der Waals surface area contributed by atoms with Crippen molar-refractivity contribution < 1.29 is 22.7 Å². The number of pyridine rings is 1. The minimum Gasteiger partial charge on any atom is -0.463 e. The standard InChI is InChI=1S/C10H6BrF3N4O2/c1-20-9(19)7-16-4-18(17-7)8-6(10(12,13)14)2-5(11)3-15-8/h2-4H,1H3. The Bertz CT molecular complexity index is 656. The third-order valence-electron chi connectivity index (χ3n) is 2.22. The van der Waals surface area contributed by atoms with Crippen molar-refractivity contribution in [2.45, 2.75) is 6.18 Å². The van der Waals surface area contributed by atoms with Gasteiger partial charge >= 0.3 is 12.1 Å². The lowest BCUT2D eigenvalue weighted by Gasteiger charge is -2.11. The van der Waals surface area contributed by atoms with Crippen molar-refractivity contribution in [2.75, 3.05) is 7.11 Å². The molecule has 0 radical (unpaired) electrons. The van der Waals surface area contributed by atoms with Crippen LogP contribution < -0.4 is 0 Å². The van der Waals surface area contributed by atoms with E-state index in [1.165, 1.54) is 6.20 Å². The number of carbonyl (C=O) groups excluding carboxylic acids is 1. The highest BCUT2D eigenvalue weighted by Crippen LogP contribution is 2.34. The smallest absolute Gasteiger partial charge is 0.420 e. The van der Waals surface area contributed by atoms with Crippen LogP contribution in [-0.2, 0) is 10.9 Å². The van der Waals surface area contributed by atoms with Crippen molar-refractivity contribution >= 4 is 21.9 Å². The van der Waals surface area contributed by atoms with Gasteiger partial charge in [0.2, 0.25) is 0 Å². The first-order chi connectivity index (χ1) is 9.32. The predicted octanol–water partition coefficient (Wildman–Crippen LogP) is 2.23. The fourth-order valence-corrected chi connectivity index (χ4v) is 1.70. The number of halogens is 4. The van der Waals surface area contributed by atoms with Gasteiger partial charge in [-0.05, 0) is 22.0 Å². The van der Waals surface area contributed by atoms with Crippen LogP contribution in [0.2, 0.25) is 0 Å². The topological polar surface area (TPSA) is 69.9 Å². The molecule has 2 aromatic rings. The van der Waals surface area contributed by atoms with E-state index in [9.17, 15) is 18.0 Å². The average molecular weight is 351 g/mol. The Kier molecular flexibility index (Phi) is 3.75. The second kappa shape index (κ2) is 5.19. The molecule has 0 unspecified atom stereocenters. The summed E-state index contributed by atoms with van der Waals surface area (Å²) in [5.74, 6) is -1.69. The molecule has 0 aliphatic rings. The van der Waals surface area contributed by atoms with Gasteiger partial charge in [-0.25, -0.2) is 19.4 Å². The number of nitrogens with zero attached hydrogens (tertiary/aromatic N) is 4. The Morgan fingerprint density at radius 3 is 2.70 bits per heavy atom. The second-order valence-electron chi connectivity index (χ2n) is 3.53. The van der Waals surface area contributed by atoms with Gasteiger partial charge in [-0.3, -0.25) is 0 Å². The largest absolute Gasteiger partial charge is 0.463 e. The lowest BCUT2D eigenvalue weighted by Crippen LogP contribution is -2.13. The van der Waals surface area contributed by atoms with Gasteiger partial charge in [0.1, 0.15) is 11.9 Å². The summed E-state index contributed by atoms with van der Waals surface area (Å²) in [7, 11) is 1.11. The molecule has 0 bridgehead atoms. The zero-order valence-electron chi connectivity index (χ0n) is 9.85. The lowest BCUT2D eigenvalue weighted by atomic mass is 10.2. The normalized spacial score (nSPS) is 11.4. The van der Waals surface area contributed by atoms with E-state index in [0.29, 0.717) is 0 Å². The summed E-state index contributed by atoms with van der Waals surface area (Å²) >= 11 is 2.92. The molecule has 0 spiro atoms. The highest BCUT2D eigenvalue weighted by atomic mass is 79.9. The van der Waals surface area contributed by atoms with Crippen molar-refractivity contribution in [2.24, 2.45) is 0 Å². The molecule has 0 atom stereocenters. The zero-order valence-corrected chi connectivity index (χ0v) is 11.4. The number of alkyl halides is 3. The molecule has 2 aromatic heterocycles. The number of aromatic nitrogens is 4. The van der Waals surface area contributed by atoms with E-state index in [1.54, 1.807) is 0 Å². The van der Waals surface area contributed by atoms with Gasteiger partial charge in [-0.15, -0.1) is 5.10 Å². The van der Waals surface area contributed by atoms with E-state index in [4.69, 9.17) is 0 Å². The summed E-state index contributed by atoms with van der Waals surface area (Å²) in [6.45, 7) is 0. The number of rotatable bonds is 2. The van der Waals surface area contributed by atoms with Crippen LogP contribution in [0.1, 0.15) is 16.2 Å². The molecule has 106 valence electrons. The van der Waals surface area contributed by atoms with Crippen LogP contribution >= 0.6 is 15.9 Å². The molecule has 20 heavy (non-hydrogen) atoms. The van der Waals surface area contributed by atoms with E-state index < -0.39 is 23.5 Å². The molecule has 6 nitrogen and oxygen atoms in total. The number of methoxy groups -OCH3 is 1. The van der Waals surface area contributed by atoms with Crippen LogP contribution in [-0.4, -0.2) is 32.8 Å². The number of hydrogen-bond acceptors (Lipinski definition) is 5. The quantitative estimate of drug-likeness (QED) is 0.776. The number of hydrogen-bond donors (Lipinski definition) is 0. The van der Waals surface area contributed by atoms with E-state index in [2.05, 4.69) is 35.7 Å². The average Bonchev–Trinajstić information content (AvgIpc) is 2.86. The Hall–Kier alpha value is -1.97. The number of esters is 1. The highest BCUT2D eigenvalue weighted by molar-refractivity contribution is 9.10. The number of carbonyl (C=O) groups is 1. The summed E-state index contributed by atoms with van der Waals surface area (Å²) < 4.78 is 44.1. The fraction of sp³-hybridized carbons (Fsp3) is 0.200. The van der Waals surface area contributed by atoms with Crippen LogP contribution in [0.3, 0.4) is 0 Å². The van der Waals surface area contributed by atoms with E-state index in [1.807, 2.05) is 0 Å². The fourth-order valence-electron chi connectivity index (χ4n) is 1.37. The molecular formula is C10H6BrF3N4O2. The first-order valence-electron chi connectivity index (χ1n) is 5.06. The van der Waals surface area contributed by atoms with Crippen molar-refractivity contribution in [1.29, 1.82) is 0 Å². The maximum atomic E-state index is 12.9. The molecule has 0 aromatic carbocycles. The predicted molar refractivity (Wildman–Crippen MR) is 63.2 cm³/mol. The van der Waals surface area contributed by atoms with Gasteiger partial charge < -0.3 is 4.74 Å². The zero-order chi connectivity index (χ0) is 14.9. The van der Waals surface area contributed by atoms with Gasteiger partial charge in [-0.2, -0.15) is 13.2 Å². The minimum atomic E-state index is -4.62. The van der Waals surface area contributed by atoms with E-state index in [-0.39, 0.29) is 10.3 Å². The van der Waals surface area contributed by atoms with Crippen molar-refractivity contribution in [1.82, 2.24) is 19.7 Å². The molecule has 0 saturated carbocycles. The Balaban J connectivity index is 2.53. The molecule has 0 aliphatic carbocycles. The summed E-state index contributed by atoms with van der Waals surface area (Å²) in [5.41, 5.74) is -1.01. The maximum Gasteiger partial charge on any atom is 0.420 e. The lowest BCUT2D eigenvalue weighted by molar-refractivity contribution is -0.137. The van der Waals surface area contributed by atoms with Gasteiger partial charge in [0.15, 0.2) is 5.82 Å². The molecule has 0 N–H and O–H groups in total. The van der Waals surface area contributed by atoms with Crippen LogP contribution in [0, 0.1) is 0 Å². The Labute approximate surface area is 118 Å². The monoisotopic (exact) mass is 350 g/mol. The first-order valence-corrected chi connectivity index (χ1v) is 5.85. The van der Waals surface area contributed by atoms with E-state index >= 15 is 0 Å². The molecule has 10 heteroatoms. The van der Waals surface area contributed by atoms with Crippen LogP contribution in [0.25, 0.3) is 5.82 Å². The van der Waals surface area contributed by atoms with Gasteiger partial charge in [0.05, 0.1) is 7.11 Å².